The van der Waals surface area contributed by atoms with Crippen molar-refractivity contribution in [1.82, 2.24) is 14.9 Å². The third-order valence-electron chi connectivity index (χ3n) is 5.53. The molecule has 0 bridgehead atoms. The summed E-state index contributed by atoms with van der Waals surface area (Å²) in [4.78, 5) is 32.7. The van der Waals surface area contributed by atoms with E-state index in [0.29, 0.717) is 31.0 Å². The fourth-order valence-electron chi connectivity index (χ4n) is 4.26. The third-order valence-corrected chi connectivity index (χ3v) is 5.53. The summed E-state index contributed by atoms with van der Waals surface area (Å²) >= 11 is 0. The number of benzene rings is 1. The fourth-order valence-corrected chi connectivity index (χ4v) is 4.26. The fraction of sp³-hybridized carbons (Fsp3) is 0.400. The van der Waals surface area contributed by atoms with Crippen LogP contribution in [-0.4, -0.2) is 51.1 Å². The summed E-state index contributed by atoms with van der Waals surface area (Å²) in [7, 11) is 0. The number of hydrogen-bond acceptors (Lipinski definition) is 5. The standard InChI is InChI=1S/C20H23N5O3/c1-12(26)23-16-4-2-13(3-5-16)18-8-22-19(9-21-18)24-17-6-14-10-25(20(27)28)11-15(14)7-17/h2-5,8-9,14-15,17H,6-7,10-11H2,1H3,(H,22,24)(H,23,26)(H,27,28)/t14-,15+,17+. The van der Waals surface area contributed by atoms with Crippen LogP contribution in [0.1, 0.15) is 19.8 Å². The van der Waals surface area contributed by atoms with Crippen LogP contribution in [0, 0.1) is 11.8 Å². The van der Waals surface area contributed by atoms with E-state index in [0.717, 1.165) is 35.6 Å². The summed E-state index contributed by atoms with van der Waals surface area (Å²) in [5.74, 6) is 1.50. The molecule has 0 unspecified atom stereocenters. The number of fused-ring (bicyclic) bond motifs is 1. The van der Waals surface area contributed by atoms with Gasteiger partial charge in [0.1, 0.15) is 5.82 Å². The lowest BCUT2D eigenvalue weighted by Crippen LogP contribution is -2.29. The van der Waals surface area contributed by atoms with E-state index in [9.17, 15) is 9.59 Å². The van der Waals surface area contributed by atoms with Crippen LogP contribution in [0.4, 0.5) is 16.3 Å². The topological polar surface area (TPSA) is 107 Å². The Kier molecular flexibility index (Phi) is 4.85. The number of anilines is 2. The molecule has 2 heterocycles. The molecular weight excluding hydrogens is 358 g/mol. The maximum absolute atomic E-state index is 11.1. The van der Waals surface area contributed by atoms with Gasteiger partial charge in [0, 0.05) is 37.3 Å². The minimum absolute atomic E-state index is 0.102. The average molecular weight is 381 g/mol. The zero-order valence-corrected chi connectivity index (χ0v) is 15.6. The normalized spacial score (nSPS) is 23.3. The van der Waals surface area contributed by atoms with Gasteiger partial charge in [0.05, 0.1) is 18.1 Å². The van der Waals surface area contributed by atoms with Crippen molar-refractivity contribution in [2.24, 2.45) is 11.8 Å². The summed E-state index contributed by atoms with van der Waals surface area (Å²) in [6.07, 6.45) is 4.57. The van der Waals surface area contributed by atoms with Crippen LogP contribution in [-0.2, 0) is 4.79 Å². The number of amides is 2. The molecule has 3 N–H and O–H groups in total. The smallest absolute Gasteiger partial charge is 0.407 e. The van der Waals surface area contributed by atoms with Gasteiger partial charge in [-0.3, -0.25) is 9.78 Å². The van der Waals surface area contributed by atoms with E-state index in [-0.39, 0.29) is 5.91 Å². The molecule has 4 rings (SSSR count). The third kappa shape index (κ3) is 3.90. The van der Waals surface area contributed by atoms with Crippen LogP contribution >= 0.6 is 0 Å². The van der Waals surface area contributed by atoms with Gasteiger partial charge in [0.15, 0.2) is 0 Å². The highest BCUT2D eigenvalue weighted by atomic mass is 16.4. The molecule has 28 heavy (non-hydrogen) atoms. The quantitative estimate of drug-likeness (QED) is 0.752. The first kappa shape index (κ1) is 18.2. The van der Waals surface area contributed by atoms with E-state index in [1.165, 1.54) is 11.8 Å². The van der Waals surface area contributed by atoms with Gasteiger partial charge in [0.25, 0.3) is 0 Å². The predicted octanol–water partition coefficient (Wildman–Crippen LogP) is 2.90. The lowest BCUT2D eigenvalue weighted by molar-refractivity contribution is -0.114. The Labute approximate surface area is 163 Å². The largest absolute Gasteiger partial charge is 0.465 e. The van der Waals surface area contributed by atoms with Crippen molar-refractivity contribution in [2.45, 2.75) is 25.8 Å². The predicted molar refractivity (Wildman–Crippen MR) is 105 cm³/mol. The Balaban J connectivity index is 1.34. The zero-order valence-electron chi connectivity index (χ0n) is 15.6. The van der Waals surface area contributed by atoms with Crippen LogP contribution in [0.25, 0.3) is 11.3 Å². The van der Waals surface area contributed by atoms with Crippen LogP contribution in [0.2, 0.25) is 0 Å². The lowest BCUT2D eigenvalue weighted by atomic mass is 10.0. The second-order valence-electron chi connectivity index (χ2n) is 7.57. The molecule has 0 spiro atoms. The Morgan fingerprint density at radius 1 is 1.07 bits per heavy atom. The molecule has 1 aromatic carbocycles. The molecule has 2 aliphatic rings. The molecule has 146 valence electrons. The first-order valence-electron chi connectivity index (χ1n) is 9.42. The Hall–Kier alpha value is -3.16. The summed E-state index contributed by atoms with van der Waals surface area (Å²) in [6.45, 7) is 2.75. The van der Waals surface area contributed by atoms with E-state index >= 15 is 0 Å². The molecular formula is C20H23N5O3. The van der Waals surface area contributed by atoms with Crippen molar-refractivity contribution in [3.63, 3.8) is 0 Å². The number of nitrogens with one attached hydrogen (secondary N) is 2. The summed E-state index contributed by atoms with van der Waals surface area (Å²) < 4.78 is 0. The molecule has 2 aromatic rings. The lowest BCUT2D eigenvalue weighted by Gasteiger charge is -2.17. The SMILES string of the molecule is CC(=O)Nc1ccc(-c2cnc(N[C@H]3C[C@@H]4CN(C(=O)O)C[C@@H]4C3)cn2)cc1. The van der Waals surface area contributed by atoms with E-state index in [2.05, 4.69) is 20.6 Å². The van der Waals surface area contributed by atoms with Crippen molar-refractivity contribution in [3.05, 3.63) is 36.7 Å². The van der Waals surface area contributed by atoms with Crippen molar-refractivity contribution >= 4 is 23.5 Å². The number of hydrogen-bond donors (Lipinski definition) is 3. The van der Waals surface area contributed by atoms with Gasteiger partial charge in [-0.05, 0) is 36.8 Å². The number of likely N-dealkylation sites (tertiary alicyclic amines) is 1. The minimum Gasteiger partial charge on any atom is -0.465 e. The minimum atomic E-state index is -0.814. The number of aromatic nitrogens is 2. The number of rotatable bonds is 4. The van der Waals surface area contributed by atoms with Crippen molar-refractivity contribution in [1.29, 1.82) is 0 Å². The number of nitrogens with zero attached hydrogens (tertiary/aromatic N) is 3. The van der Waals surface area contributed by atoms with Gasteiger partial charge >= 0.3 is 6.09 Å². The van der Waals surface area contributed by atoms with Crippen LogP contribution in [0.5, 0.6) is 0 Å². The van der Waals surface area contributed by atoms with Gasteiger partial charge < -0.3 is 20.6 Å². The average Bonchev–Trinajstić information content (AvgIpc) is 3.21. The summed E-state index contributed by atoms with van der Waals surface area (Å²) in [5.41, 5.74) is 2.44. The van der Waals surface area contributed by atoms with E-state index in [1.807, 2.05) is 24.3 Å². The zero-order chi connectivity index (χ0) is 19.7. The molecule has 8 nitrogen and oxygen atoms in total. The van der Waals surface area contributed by atoms with Crippen LogP contribution in [0.15, 0.2) is 36.7 Å². The molecule has 8 heteroatoms. The maximum atomic E-state index is 11.1. The first-order valence-corrected chi connectivity index (χ1v) is 9.42. The Morgan fingerprint density at radius 2 is 1.75 bits per heavy atom. The molecule has 1 saturated carbocycles. The summed E-state index contributed by atoms with van der Waals surface area (Å²) in [5, 5.41) is 15.3. The second kappa shape index (κ2) is 7.46. The Bertz CT molecular complexity index is 854. The number of carbonyl (C=O) groups is 2. The number of carboxylic acid groups (broad SMARTS) is 1. The highest BCUT2D eigenvalue weighted by Crippen LogP contribution is 2.39. The Morgan fingerprint density at radius 3 is 2.29 bits per heavy atom. The molecule has 1 saturated heterocycles. The van der Waals surface area contributed by atoms with Gasteiger partial charge in [-0.15, -0.1) is 0 Å². The molecule has 1 aliphatic carbocycles. The summed E-state index contributed by atoms with van der Waals surface area (Å²) in [6, 6.07) is 7.77. The van der Waals surface area contributed by atoms with Gasteiger partial charge in [0.2, 0.25) is 5.91 Å². The van der Waals surface area contributed by atoms with Gasteiger partial charge in [-0.1, -0.05) is 12.1 Å². The van der Waals surface area contributed by atoms with Crippen molar-refractivity contribution < 1.29 is 14.7 Å². The highest BCUT2D eigenvalue weighted by Gasteiger charge is 2.42. The molecule has 2 amide bonds. The molecule has 1 aromatic heterocycles. The molecule has 3 atom stereocenters. The van der Waals surface area contributed by atoms with Crippen LogP contribution in [0.3, 0.4) is 0 Å². The van der Waals surface area contributed by atoms with Gasteiger partial charge in [-0.2, -0.15) is 0 Å². The van der Waals surface area contributed by atoms with E-state index in [1.54, 1.807) is 12.4 Å². The van der Waals surface area contributed by atoms with E-state index < -0.39 is 6.09 Å². The monoisotopic (exact) mass is 381 g/mol. The van der Waals surface area contributed by atoms with Crippen molar-refractivity contribution in [2.75, 3.05) is 23.7 Å². The highest BCUT2D eigenvalue weighted by molar-refractivity contribution is 5.88. The van der Waals surface area contributed by atoms with Crippen LogP contribution < -0.4 is 10.6 Å². The van der Waals surface area contributed by atoms with Gasteiger partial charge in [-0.25, -0.2) is 9.78 Å². The number of carbonyl (C=O) groups excluding carboxylic acids is 1. The molecule has 0 radical (unpaired) electrons. The second-order valence-corrected chi connectivity index (χ2v) is 7.57. The molecule has 2 fully saturated rings. The van der Waals surface area contributed by atoms with Crippen molar-refractivity contribution in [3.8, 4) is 11.3 Å². The maximum Gasteiger partial charge on any atom is 0.407 e. The first-order chi connectivity index (χ1) is 13.5. The van der Waals surface area contributed by atoms with E-state index in [4.69, 9.17) is 5.11 Å². The molecule has 1 aliphatic heterocycles.